The van der Waals surface area contributed by atoms with E-state index in [9.17, 15) is 0 Å². The van der Waals surface area contributed by atoms with Gasteiger partial charge in [0.15, 0.2) is 0 Å². The van der Waals surface area contributed by atoms with Crippen LogP contribution in [0.25, 0.3) is 0 Å². The zero-order valence-electron chi connectivity index (χ0n) is 22.9. The monoisotopic (exact) mass is 466 g/mol. The highest BCUT2D eigenvalue weighted by Crippen LogP contribution is 2.42. The van der Waals surface area contributed by atoms with Crippen LogP contribution in [0.2, 0.25) is 0 Å². The van der Waals surface area contributed by atoms with Crippen molar-refractivity contribution >= 4 is 0 Å². The van der Waals surface area contributed by atoms with Gasteiger partial charge in [-0.2, -0.15) is 0 Å². The molecule has 0 aromatic carbocycles. The normalized spacial score (nSPS) is 29.8. The first-order valence-electron chi connectivity index (χ1n) is 15.0. The second-order valence-electron chi connectivity index (χ2n) is 11.5. The van der Waals surface area contributed by atoms with Gasteiger partial charge in [-0.15, -0.1) is 0 Å². The minimum Gasteiger partial charge on any atom is -0.375 e. The Morgan fingerprint density at radius 2 is 0.879 bits per heavy atom. The summed E-state index contributed by atoms with van der Waals surface area (Å²) < 4.78 is 19.4. The zero-order valence-corrected chi connectivity index (χ0v) is 22.9. The molecular formula is C30H58O3. The van der Waals surface area contributed by atoms with Crippen molar-refractivity contribution in [2.75, 3.05) is 13.2 Å². The molecule has 3 nitrogen and oxygen atoms in total. The maximum absolute atomic E-state index is 6.97. The predicted octanol–water partition coefficient (Wildman–Crippen LogP) is 9.16. The number of hydrogen-bond donors (Lipinski definition) is 0. The lowest BCUT2D eigenvalue weighted by Gasteiger charge is -2.41. The van der Waals surface area contributed by atoms with Crippen LogP contribution in [0.3, 0.4) is 0 Å². The summed E-state index contributed by atoms with van der Waals surface area (Å²) in [7, 11) is 0. The molecule has 3 heteroatoms. The zero-order chi connectivity index (χ0) is 23.8. The fourth-order valence-electron chi connectivity index (χ4n) is 5.95. The second kappa shape index (κ2) is 16.5. The maximum Gasteiger partial charge on any atom is 0.0945 e. The van der Waals surface area contributed by atoms with Crippen LogP contribution in [0.4, 0.5) is 0 Å². The van der Waals surface area contributed by atoms with E-state index in [0.717, 1.165) is 38.9 Å². The van der Waals surface area contributed by atoms with Crippen LogP contribution in [0.15, 0.2) is 0 Å². The molecule has 4 atom stereocenters. The predicted molar refractivity (Wildman–Crippen MR) is 141 cm³/mol. The topological polar surface area (TPSA) is 27.7 Å². The molecule has 2 aliphatic rings. The lowest BCUT2D eigenvalue weighted by atomic mass is 9.88. The molecule has 33 heavy (non-hydrogen) atoms. The number of hydrogen-bond acceptors (Lipinski definition) is 3. The minimum absolute atomic E-state index is 0.152. The summed E-state index contributed by atoms with van der Waals surface area (Å²) in [6.45, 7) is 10.9. The van der Waals surface area contributed by atoms with Crippen molar-refractivity contribution in [1.82, 2.24) is 0 Å². The summed E-state index contributed by atoms with van der Waals surface area (Å²) >= 11 is 0. The van der Waals surface area contributed by atoms with Gasteiger partial charge in [-0.25, -0.2) is 0 Å². The van der Waals surface area contributed by atoms with E-state index in [1.807, 2.05) is 0 Å². The lowest BCUT2D eigenvalue weighted by Crippen LogP contribution is -2.49. The van der Waals surface area contributed by atoms with E-state index < -0.39 is 0 Å². The summed E-state index contributed by atoms with van der Waals surface area (Å²) in [4.78, 5) is 0. The van der Waals surface area contributed by atoms with E-state index in [4.69, 9.17) is 14.2 Å². The summed E-state index contributed by atoms with van der Waals surface area (Å²) in [6, 6.07) is 0. The van der Waals surface area contributed by atoms with Gasteiger partial charge in [0.05, 0.1) is 23.4 Å². The van der Waals surface area contributed by atoms with E-state index in [0.29, 0.717) is 0 Å². The van der Waals surface area contributed by atoms with Crippen LogP contribution >= 0.6 is 0 Å². The van der Waals surface area contributed by atoms with Gasteiger partial charge in [0, 0.05) is 26.1 Å². The lowest BCUT2D eigenvalue weighted by molar-refractivity contribution is -0.185. The van der Waals surface area contributed by atoms with Crippen molar-refractivity contribution in [3.63, 3.8) is 0 Å². The smallest absolute Gasteiger partial charge is 0.0945 e. The highest BCUT2D eigenvalue weighted by molar-refractivity contribution is 4.98. The molecule has 0 amide bonds. The molecule has 2 rings (SSSR count). The third-order valence-electron chi connectivity index (χ3n) is 8.30. The van der Waals surface area contributed by atoms with E-state index in [1.54, 1.807) is 0 Å². The highest BCUT2D eigenvalue weighted by Gasteiger charge is 2.50. The van der Waals surface area contributed by atoms with E-state index in [1.165, 1.54) is 103 Å². The Bertz CT molecular complexity index is 439. The van der Waals surface area contributed by atoms with Crippen molar-refractivity contribution in [2.24, 2.45) is 0 Å². The fourth-order valence-corrected chi connectivity index (χ4v) is 5.95. The molecular weight excluding hydrogens is 408 g/mol. The molecule has 0 spiro atoms. The second-order valence-corrected chi connectivity index (χ2v) is 11.5. The Morgan fingerprint density at radius 1 is 0.545 bits per heavy atom. The van der Waals surface area contributed by atoms with Gasteiger partial charge in [0.1, 0.15) is 0 Å². The quantitative estimate of drug-likeness (QED) is 0.167. The summed E-state index contributed by atoms with van der Waals surface area (Å²) in [5, 5.41) is 0. The van der Waals surface area contributed by atoms with E-state index in [2.05, 4.69) is 27.7 Å². The van der Waals surface area contributed by atoms with Crippen molar-refractivity contribution < 1.29 is 14.2 Å². The summed E-state index contributed by atoms with van der Waals surface area (Å²) in [5.74, 6) is 0. The molecule has 0 aliphatic carbocycles. The number of ether oxygens (including phenoxy) is 3. The third kappa shape index (κ3) is 10.6. The van der Waals surface area contributed by atoms with Gasteiger partial charge >= 0.3 is 0 Å². The third-order valence-corrected chi connectivity index (χ3v) is 8.30. The first-order chi connectivity index (χ1) is 16.0. The Kier molecular flexibility index (Phi) is 14.6. The molecule has 0 aromatic heterocycles. The van der Waals surface area contributed by atoms with Gasteiger partial charge < -0.3 is 14.2 Å². The average Bonchev–Trinajstić information content (AvgIpc) is 3.33. The van der Waals surface area contributed by atoms with Crippen molar-refractivity contribution in [1.29, 1.82) is 0 Å². The van der Waals surface area contributed by atoms with Gasteiger partial charge in [0.2, 0.25) is 0 Å². The van der Waals surface area contributed by atoms with Gasteiger partial charge in [-0.3, -0.25) is 0 Å². The highest BCUT2D eigenvalue weighted by atomic mass is 16.6. The standard InChI is InChI=1S/C30H58O3/c1-5-7-9-11-13-15-17-19-21-27-29(3,23-25-31-27)33-30(4)24-26-32-28(30)22-20-18-16-14-12-10-8-6-2/h27-28H,5-26H2,1-4H3. The van der Waals surface area contributed by atoms with Crippen molar-refractivity contribution in [3.05, 3.63) is 0 Å². The molecule has 0 N–H and O–H groups in total. The van der Waals surface area contributed by atoms with Crippen LogP contribution in [-0.2, 0) is 14.2 Å². The molecule has 0 aromatic rings. The Labute approximate surface area is 207 Å². The summed E-state index contributed by atoms with van der Waals surface area (Å²) in [6.07, 6.45) is 26.7. The first kappa shape index (κ1) is 29.1. The Morgan fingerprint density at radius 3 is 1.24 bits per heavy atom. The van der Waals surface area contributed by atoms with Crippen LogP contribution < -0.4 is 0 Å². The molecule has 2 fully saturated rings. The number of unbranched alkanes of at least 4 members (excludes halogenated alkanes) is 14. The molecule has 0 radical (unpaired) electrons. The molecule has 4 unspecified atom stereocenters. The molecule has 2 saturated heterocycles. The molecule has 0 saturated carbocycles. The van der Waals surface area contributed by atoms with Gasteiger partial charge in [-0.05, 0) is 26.7 Å². The Hall–Kier alpha value is -0.120. The number of rotatable bonds is 20. The van der Waals surface area contributed by atoms with E-state index in [-0.39, 0.29) is 23.4 Å². The van der Waals surface area contributed by atoms with Gasteiger partial charge in [-0.1, -0.05) is 117 Å². The molecule has 196 valence electrons. The molecule has 2 heterocycles. The van der Waals surface area contributed by atoms with E-state index >= 15 is 0 Å². The first-order valence-corrected chi connectivity index (χ1v) is 15.0. The van der Waals surface area contributed by atoms with Crippen LogP contribution in [-0.4, -0.2) is 36.6 Å². The Balaban J connectivity index is 1.67. The minimum atomic E-state index is -0.152. The van der Waals surface area contributed by atoms with Crippen LogP contribution in [0.1, 0.15) is 156 Å². The average molecular weight is 467 g/mol. The molecule has 0 bridgehead atoms. The fraction of sp³-hybridized carbons (Fsp3) is 1.00. The van der Waals surface area contributed by atoms with Crippen LogP contribution in [0, 0.1) is 0 Å². The molecule has 2 aliphatic heterocycles. The largest absolute Gasteiger partial charge is 0.375 e. The van der Waals surface area contributed by atoms with Crippen molar-refractivity contribution in [2.45, 2.75) is 180 Å². The van der Waals surface area contributed by atoms with Gasteiger partial charge in [0.25, 0.3) is 0 Å². The summed E-state index contributed by atoms with van der Waals surface area (Å²) in [5.41, 5.74) is -0.303. The van der Waals surface area contributed by atoms with Crippen molar-refractivity contribution in [3.8, 4) is 0 Å². The maximum atomic E-state index is 6.97. The van der Waals surface area contributed by atoms with Crippen LogP contribution in [0.5, 0.6) is 0 Å². The SMILES string of the molecule is CCCCCCCCCCC1OCCC1(C)OC1(C)CCOC1CCCCCCCCCC.